The Bertz CT molecular complexity index is 453. The number of benzene rings is 1. The van der Waals surface area contributed by atoms with E-state index in [0.717, 1.165) is 25.2 Å². The number of hydrogen-bond donors (Lipinski definition) is 1. The average Bonchev–Trinajstić information content (AvgIpc) is 2.50. The van der Waals surface area contributed by atoms with E-state index >= 15 is 0 Å². The highest BCUT2D eigenvalue weighted by molar-refractivity contribution is 5.45. The van der Waals surface area contributed by atoms with Gasteiger partial charge in [0.25, 0.3) is 0 Å². The van der Waals surface area contributed by atoms with Gasteiger partial charge >= 0.3 is 0 Å². The summed E-state index contributed by atoms with van der Waals surface area (Å²) in [6.45, 7) is 5.22. The third kappa shape index (κ3) is 4.21. The summed E-state index contributed by atoms with van der Waals surface area (Å²) in [5.41, 5.74) is 3.84. The van der Waals surface area contributed by atoms with Crippen LogP contribution < -0.4 is 10.1 Å². The van der Waals surface area contributed by atoms with Crippen LogP contribution in [0.15, 0.2) is 12.1 Å². The summed E-state index contributed by atoms with van der Waals surface area (Å²) in [4.78, 5) is 0. The molecule has 2 atom stereocenters. The van der Waals surface area contributed by atoms with Crippen molar-refractivity contribution in [1.29, 1.82) is 0 Å². The lowest BCUT2D eigenvalue weighted by atomic mass is 9.93. The summed E-state index contributed by atoms with van der Waals surface area (Å²) in [5, 5.41) is 3.46. The molecule has 1 saturated heterocycles. The summed E-state index contributed by atoms with van der Waals surface area (Å²) in [5.74, 6) is 0.997. The summed E-state index contributed by atoms with van der Waals surface area (Å²) < 4.78 is 11.5. The Labute approximate surface area is 129 Å². The van der Waals surface area contributed by atoms with Crippen LogP contribution in [0.25, 0.3) is 0 Å². The minimum Gasteiger partial charge on any atom is -0.496 e. The highest BCUT2D eigenvalue weighted by Crippen LogP contribution is 2.33. The number of methoxy groups -OCH3 is 1. The van der Waals surface area contributed by atoms with Gasteiger partial charge in [-0.3, -0.25) is 0 Å². The van der Waals surface area contributed by atoms with Gasteiger partial charge in [0, 0.05) is 18.2 Å². The molecule has 118 valence electrons. The summed E-state index contributed by atoms with van der Waals surface area (Å²) in [6, 6.07) is 4.69. The summed E-state index contributed by atoms with van der Waals surface area (Å²) in [7, 11) is 3.79. The summed E-state index contributed by atoms with van der Waals surface area (Å²) in [6.07, 6.45) is 6.37. The van der Waals surface area contributed by atoms with E-state index in [0.29, 0.717) is 12.1 Å². The quantitative estimate of drug-likeness (QED) is 0.861. The lowest BCUT2D eigenvalue weighted by Gasteiger charge is -2.26. The molecule has 1 fully saturated rings. The number of ether oxygens (including phenoxy) is 2. The molecule has 21 heavy (non-hydrogen) atoms. The molecule has 1 heterocycles. The van der Waals surface area contributed by atoms with E-state index in [2.05, 4.69) is 31.3 Å². The zero-order valence-electron chi connectivity index (χ0n) is 13.9. The standard InChI is InChI=1S/C18H29NO2/c1-13-11-14(2)18(17(12-13)20-4)16(19-3)9-8-15-7-5-6-10-21-15/h11-12,15-16,19H,5-10H2,1-4H3. The second-order valence-electron chi connectivity index (χ2n) is 6.10. The molecule has 1 aliphatic rings. The second-order valence-corrected chi connectivity index (χ2v) is 6.10. The Morgan fingerprint density at radius 1 is 1.33 bits per heavy atom. The number of rotatable bonds is 6. The lowest BCUT2D eigenvalue weighted by molar-refractivity contribution is 0.00861. The van der Waals surface area contributed by atoms with Crippen molar-refractivity contribution < 1.29 is 9.47 Å². The Morgan fingerprint density at radius 2 is 2.14 bits per heavy atom. The maximum atomic E-state index is 5.86. The van der Waals surface area contributed by atoms with Crippen molar-refractivity contribution >= 4 is 0 Å². The minimum atomic E-state index is 0.325. The number of hydrogen-bond acceptors (Lipinski definition) is 3. The fourth-order valence-electron chi connectivity index (χ4n) is 3.38. The third-order valence-corrected chi connectivity index (χ3v) is 4.46. The van der Waals surface area contributed by atoms with E-state index in [1.165, 1.54) is 36.0 Å². The normalized spacial score (nSPS) is 20.3. The Balaban J connectivity index is 2.09. The van der Waals surface area contributed by atoms with Crippen LogP contribution in [0.5, 0.6) is 5.75 Å². The molecule has 3 nitrogen and oxygen atoms in total. The predicted octanol–water partition coefficient (Wildman–Crippen LogP) is 3.92. The van der Waals surface area contributed by atoms with E-state index in [-0.39, 0.29) is 0 Å². The van der Waals surface area contributed by atoms with E-state index in [9.17, 15) is 0 Å². The number of aryl methyl sites for hydroxylation is 2. The average molecular weight is 291 g/mol. The van der Waals surface area contributed by atoms with Crippen LogP contribution in [0, 0.1) is 13.8 Å². The molecule has 1 aliphatic heterocycles. The Hall–Kier alpha value is -1.06. The van der Waals surface area contributed by atoms with Crippen LogP contribution in [0.1, 0.15) is 54.8 Å². The summed E-state index contributed by atoms with van der Waals surface area (Å²) >= 11 is 0. The van der Waals surface area contributed by atoms with Crippen LogP contribution in [-0.4, -0.2) is 26.9 Å². The first-order valence-corrected chi connectivity index (χ1v) is 8.09. The van der Waals surface area contributed by atoms with Crippen LogP contribution in [0.2, 0.25) is 0 Å². The molecule has 1 aromatic rings. The SMILES string of the molecule is CNC(CCC1CCCCO1)c1c(C)cc(C)cc1OC. The maximum absolute atomic E-state index is 5.86. The monoisotopic (exact) mass is 291 g/mol. The van der Waals surface area contributed by atoms with Crippen LogP contribution in [0.4, 0.5) is 0 Å². The molecule has 2 unspecified atom stereocenters. The first-order valence-electron chi connectivity index (χ1n) is 8.09. The van der Waals surface area contributed by atoms with Crippen molar-refractivity contribution in [2.75, 3.05) is 20.8 Å². The van der Waals surface area contributed by atoms with Crippen LogP contribution >= 0.6 is 0 Å². The van der Waals surface area contributed by atoms with Crippen molar-refractivity contribution in [3.63, 3.8) is 0 Å². The molecule has 0 aromatic heterocycles. The largest absolute Gasteiger partial charge is 0.496 e. The molecule has 0 aliphatic carbocycles. The van der Waals surface area contributed by atoms with Gasteiger partial charge in [0.1, 0.15) is 5.75 Å². The van der Waals surface area contributed by atoms with Gasteiger partial charge in [-0.05, 0) is 70.2 Å². The smallest absolute Gasteiger partial charge is 0.124 e. The van der Waals surface area contributed by atoms with E-state index in [4.69, 9.17) is 9.47 Å². The molecule has 0 spiro atoms. The molecule has 0 saturated carbocycles. The van der Waals surface area contributed by atoms with E-state index in [1.54, 1.807) is 7.11 Å². The van der Waals surface area contributed by atoms with Gasteiger partial charge in [0.2, 0.25) is 0 Å². The topological polar surface area (TPSA) is 30.5 Å². The molecular formula is C18H29NO2. The van der Waals surface area contributed by atoms with Crippen molar-refractivity contribution in [3.05, 3.63) is 28.8 Å². The van der Waals surface area contributed by atoms with Gasteiger partial charge in [0.15, 0.2) is 0 Å². The first kappa shape index (κ1) is 16.3. The zero-order chi connectivity index (χ0) is 15.2. The third-order valence-electron chi connectivity index (χ3n) is 4.46. The molecule has 0 radical (unpaired) electrons. The second kappa shape index (κ2) is 7.81. The van der Waals surface area contributed by atoms with Gasteiger partial charge in [-0.2, -0.15) is 0 Å². The van der Waals surface area contributed by atoms with Crippen molar-refractivity contribution in [3.8, 4) is 5.75 Å². The van der Waals surface area contributed by atoms with E-state index < -0.39 is 0 Å². The fraction of sp³-hybridized carbons (Fsp3) is 0.667. The van der Waals surface area contributed by atoms with Gasteiger partial charge < -0.3 is 14.8 Å². The van der Waals surface area contributed by atoms with Crippen molar-refractivity contribution in [2.24, 2.45) is 0 Å². The fourth-order valence-corrected chi connectivity index (χ4v) is 3.38. The molecule has 3 heteroatoms. The van der Waals surface area contributed by atoms with Crippen molar-refractivity contribution in [1.82, 2.24) is 5.32 Å². The molecule has 2 rings (SSSR count). The van der Waals surface area contributed by atoms with Gasteiger partial charge in [-0.1, -0.05) is 6.07 Å². The minimum absolute atomic E-state index is 0.325. The van der Waals surface area contributed by atoms with Crippen molar-refractivity contribution in [2.45, 2.75) is 58.1 Å². The van der Waals surface area contributed by atoms with Crippen LogP contribution in [0.3, 0.4) is 0 Å². The maximum Gasteiger partial charge on any atom is 0.124 e. The molecule has 1 N–H and O–H groups in total. The molecule has 0 bridgehead atoms. The van der Waals surface area contributed by atoms with Gasteiger partial charge in [-0.15, -0.1) is 0 Å². The zero-order valence-corrected chi connectivity index (χ0v) is 13.9. The van der Waals surface area contributed by atoms with Crippen LogP contribution in [-0.2, 0) is 4.74 Å². The van der Waals surface area contributed by atoms with Gasteiger partial charge in [-0.25, -0.2) is 0 Å². The molecule has 1 aromatic carbocycles. The highest BCUT2D eigenvalue weighted by Gasteiger charge is 2.20. The Kier molecular flexibility index (Phi) is 6.07. The van der Waals surface area contributed by atoms with E-state index in [1.807, 2.05) is 7.05 Å². The predicted molar refractivity (Wildman–Crippen MR) is 87.1 cm³/mol. The first-order chi connectivity index (χ1) is 10.2. The Morgan fingerprint density at radius 3 is 2.76 bits per heavy atom. The van der Waals surface area contributed by atoms with Gasteiger partial charge in [0.05, 0.1) is 13.2 Å². The molecule has 0 amide bonds. The lowest BCUT2D eigenvalue weighted by Crippen LogP contribution is -2.23. The number of nitrogens with one attached hydrogen (secondary N) is 1. The molecular weight excluding hydrogens is 262 g/mol. The highest BCUT2D eigenvalue weighted by atomic mass is 16.5.